The normalized spacial score (nSPS) is 15.6. The van der Waals surface area contributed by atoms with E-state index in [0.717, 1.165) is 66.6 Å². The van der Waals surface area contributed by atoms with Gasteiger partial charge in [0.05, 0.1) is 37.3 Å². The van der Waals surface area contributed by atoms with Crippen LogP contribution in [0.1, 0.15) is 48.3 Å². The summed E-state index contributed by atoms with van der Waals surface area (Å²) in [6.45, 7) is 9.37. The molecule has 4 heterocycles. The lowest BCUT2D eigenvalue weighted by molar-refractivity contribution is 0.387. The van der Waals surface area contributed by atoms with Crippen molar-refractivity contribution in [2.24, 2.45) is 0 Å². The van der Waals surface area contributed by atoms with E-state index in [-0.39, 0.29) is 11.7 Å². The summed E-state index contributed by atoms with van der Waals surface area (Å²) in [7, 11) is 3.11. The zero-order valence-corrected chi connectivity index (χ0v) is 24.1. The molecule has 0 bridgehead atoms. The Kier molecular flexibility index (Phi) is 7.10. The van der Waals surface area contributed by atoms with Gasteiger partial charge in [-0.05, 0) is 62.9 Å². The summed E-state index contributed by atoms with van der Waals surface area (Å²) in [5.41, 5.74) is 5.66. The predicted octanol–water partition coefficient (Wildman–Crippen LogP) is 5.26. The molecule has 0 saturated carbocycles. The molecule has 5 aromatic rings. The topological polar surface area (TPSA) is 94.6 Å². The van der Waals surface area contributed by atoms with Crippen molar-refractivity contribution < 1.29 is 13.9 Å². The number of nitrogens with one attached hydrogen (secondary N) is 1. The van der Waals surface area contributed by atoms with Crippen molar-refractivity contribution in [1.82, 2.24) is 29.4 Å². The molecule has 1 saturated heterocycles. The fraction of sp³-hybridized carbons (Fsp3) is 0.400. The van der Waals surface area contributed by atoms with Gasteiger partial charge in [0.1, 0.15) is 5.75 Å². The molecule has 41 heavy (non-hydrogen) atoms. The number of methoxy groups -OCH3 is 2. The molecule has 1 N–H and O–H groups in total. The Labute approximate surface area is 238 Å². The van der Waals surface area contributed by atoms with Gasteiger partial charge in [0.25, 0.3) is 0 Å². The number of aryl methyl sites for hydroxylation is 2. The molecule has 1 aliphatic heterocycles. The van der Waals surface area contributed by atoms with Gasteiger partial charge in [-0.3, -0.25) is 4.68 Å². The molecule has 1 atom stereocenters. The van der Waals surface area contributed by atoms with Gasteiger partial charge >= 0.3 is 0 Å². The van der Waals surface area contributed by atoms with Crippen LogP contribution in [0.15, 0.2) is 36.5 Å². The van der Waals surface area contributed by atoms with Gasteiger partial charge in [-0.25, -0.2) is 14.4 Å². The molecule has 0 unspecified atom stereocenters. The van der Waals surface area contributed by atoms with Gasteiger partial charge in [0, 0.05) is 43.5 Å². The van der Waals surface area contributed by atoms with Gasteiger partial charge in [0.2, 0.25) is 5.95 Å². The molecule has 0 amide bonds. The van der Waals surface area contributed by atoms with Gasteiger partial charge in [0.15, 0.2) is 23.0 Å². The van der Waals surface area contributed by atoms with E-state index >= 15 is 0 Å². The minimum absolute atomic E-state index is 0.114. The predicted molar refractivity (Wildman–Crippen MR) is 157 cm³/mol. The maximum Gasteiger partial charge on any atom is 0.226 e. The number of ether oxygens (including phenoxy) is 2. The van der Waals surface area contributed by atoms with Crippen LogP contribution in [0.4, 0.5) is 16.0 Å². The van der Waals surface area contributed by atoms with Crippen molar-refractivity contribution >= 4 is 28.2 Å². The number of aromatic nitrogens is 6. The Balaban J connectivity index is 1.38. The molecule has 1 fully saturated rings. The summed E-state index contributed by atoms with van der Waals surface area (Å²) in [6.07, 6.45) is 3.94. The molecular formula is C30H35FN8O2. The highest BCUT2D eigenvalue weighted by Crippen LogP contribution is 2.33. The highest BCUT2D eigenvalue weighted by molar-refractivity contribution is 5.93. The number of fused-ring (bicyclic) bond motifs is 3. The molecule has 0 radical (unpaired) electrons. The number of hydrogen-bond donors (Lipinski definition) is 1. The van der Waals surface area contributed by atoms with E-state index in [1.54, 1.807) is 17.7 Å². The molecule has 3 aromatic heterocycles. The van der Waals surface area contributed by atoms with Crippen LogP contribution in [-0.2, 0) is 13.1 Å². The van der Waals surface area contributed by atoms with Crippen LogP contribution in [0.5, 0.6) is 11.5 Å². The second-order valence-corrected chi connectivity index (χ2v) is 10.5. The van der Waals surface area contributed by atoms with E-state index in [1.807, 2.05) is 36.0 Å². The monoisotopic (exact) mass is 558 g/mol. The Morgan fingerprint density at radius 2 is 1.95 bits per heavy atom. The molecule has 0 spiro atoms. The Hall–Kier alpha value is -4.41. The van der Waals surface area contributed by atoms with Crippen molar-refractivity contribution in [1.29, 1.82) is 0 Å². The van der Waals surface area contributed by atoms with Crippen LogP contribution in [0.3, 0.4) is 0 Å². The highest BCUT2D eigenvalue weighted by atomic mass is 19.1. The summed E-state index contributed by atoms with van der Waals surface area (Å²) in [5.74, 6) is 1.86. The number of anilines is 2. The molecule has 11 heteroatoms. The average Bonchev–Trinajstić information content (AvgIpc) is 3.60. The van der Waals surface area contributed by atoms with Crippen LogP contribution >= 0.6 is 0 Å². The van der Waals surface area contributed by atoms with Gasteiger partial charge in [-0.1, -0.05) is 6.07 Å². The maximum atomic E-state index is 14.8. The molecule has 2 aromatic carbocycles. The van der Waals surface area contributed by atoms with E-state index < -0.39 is 5.82 Å². The van der Waals surface area contributed by atoms with Crippen molar-refractivity contribution in [2.45, 2.75) is 52.6 Å². The molecule has 6 rings (SSSR count). The third-order valence-corrected chi connectivity index (χ3v) is 8.05. The van der Waals surface area contributed by atoms with Gasteiger partial charge < -0.3 is 19.7 Å². The van der Waals surface area contributed by atoms with Crippen molar-refractivity contribution in [2.75, 3.05) is 37.5 Å². The average molecular weight is 559 g/mol. The fourth-order valence-corrected chi connectivity index (χ4v) is 5.71. The molecule has 214 valence electrons. The lowest BCUT2D eigenvalue weighted by Gasteiger charge is -2.32. The van der Waals surface area contributed by atoms with E-state index in [4.69, 9.17) is 24.5 Å². The zero-order valence-electron chi connectivity index (χ0n) is 24.1. The maximum absolute atomic E-state index is 14.8. The number of hydrogen-bond acceptors (Lipinski definition) is 8. The lowest BCUT2D eigenvalue weighted by Crippen LogP contribution is -2.35. The number of piperidine rings is 1. The fourth-order valence-electron chi connectivity index (χ4n) is 5.71. The largest absolute Gasteiger partial charge is 0.497 e. The summed E-state index contributed by atoms with van der Waals surface area (Å²) in [6, 6.07) is 9.02. The smallest absolute Gasteiger partial charge is 0.226 e. The minimum atomic E-state index is -0.463. The Morgan fingerprint density at radius 3 is 2.68 bits per heavy atom. The SMILES string of the molecule is CCn1ncc(N2CCC[C@@H](c3nc4c5cc(F)c(OC)cc5nc(NCc5ccc(OC)cc5C)n4n3)C2)c1C. The standard InChI is InChI=1S/C30H35FN8O2/c1-6-38-19(3)26(16-33-38)37-11-7-8-21(17-37)28-35-29-23-13-24(31)27(41-5)14-25(23)34-30(39(29)36-28)32-15-20-9-10-22(40-4)12-18(20)2/h9-10,12-14,16,21H,6-8,11,15,17H2,1-5H3,(H,32,34)/t21-/m1/s1. The van der Waals surface area contributed by atoms with Crippen molar-refractivity contribution in [3.63, 3.8) is 0 Å². The van der Waals surface area contributed by atoms with Crippen molar-refractivity contribution in [3.05, 3.63) is 65.0 Å². The van der Waals surface area contributed by atoms with Crippen LogP contribution in [0, 0.1) is 19.7 Å². The second-order valence-electron chi connectivity index (χ2n) is 10.5. The first kappa shape index (κ1) is 26.8. The number of rotatable bonds is 8. The van der Waals surface area contributed by atoms with Crippen LogP contribution in [0.2, 0.25) is 0 Å². The first-order valence-corrected chi connectivity index (χ1v) is 14.0. The van der Waals surface area contributed by atoms with E-state index in [9.17, 15) is 4.39 Å². The molecule has 0 aliphatic carbocycles. The molecular weight excluding hydrogens is 523 g/mol. The molecule has 1 aliphatic rings. The van der Waals surface area contributed by atoms with Crippen molar-refractivity contribution in [3.8, 4) is 11.5 Å². The summed E-state index contributed by atoms with van der Waals surface area (Å²) in [5, 5.41) is 13.5. The van der Waals surface area contributed by atoms with Crippen LogP contribution in [-0.4, -0.2) is 56.7 Å². The first-order chi connectivity index (χ1) is 19.9. The second kappa shape index (κ2) is 10.9. The van der Waals surface area contributed by atoms with E-state index in [1.165, 1.54) is 13.2 Å². The Morgan fingerprint density at radius 1 is 1.10 bits per heavy atom. The first-order valence-electron chi connectivity index (χ1n) is 14.0. The Bertz CT molecular complexity index is 1730. The summed E-state index contributed by atoms with van der Waals surface area (Å²) >= 11 is 0. The highest BCUT2D eigenvalue weighted by Gasteiger charge is 2.28. The van der Waals surface area contributed by atoms with E-state index in [2.05, 4.69) is 29.2 Å². The third kappa shape index (κ3) is 4.89. The van der Waals surface area contributed by atoms with Crippen LogP contribution in [0.25, 0.3) is 16.6 Å². The number of nitrogens with zero attached hydrogens (tertiary/aromatic N) is 7. The quantitative estimate of drug-likeness (QED) is 0.276. The minimum Gasteiger partial charge on any atom is -0.497 e. The zero-order chi connectivity index (χ0) is 28.7. The third-order valence-electron chi connectivity index (χ3n) is 8.05. The molecule has 10 nitrogen and oxygen atoms in total. The summed E-state index contributed by atoms with van der Waals surface area (Å²) in [4.78, 5) is 12.2. The van der Waals surface area contributed by atoms with E-state index in [0.29, 0.717) is 29.0 Å². The lowest BCUT2D eigenvalue weighted by atomic mass is 9.97. The number of halogens is 1. The summed E-state index contributed by atoms with van der Waals surface area (Å²) < 4.78 is 29.2. The van der Waals surface area contributed by atoms with Gasteiger partial charge in [-0.2, -0.15) is 9.61 Å². The van der Waals surface area contributed by atoms with Gasteiger partial charge in [-0.15, -0.1) is 5.10 Å². The van der Waals surface area contributed by atoms with Crippen LogP contribution < -0.4 is 19.7 Å². The number of benzene rings is 2.